The molecule has 0 aromatic heterocycles. The van der Waals surface area contributed by atoms with E-state index in [9.17, 15) is 17.6 Å². The van der Waals surface area contributed by atoms with Gasteiger partial charge in [-0.05, 0) is 24.6 Å². The average Bonchev–Trinajstić information content (AvgIpc) is 2.48. The van der Waals surface area contributed by atoms with E-state index in [1.165, 1.54) is 6.07 Å². The molecule has 1 aliphatic heterocycles. The maximum Gasteiger partial charge on any atom is 0.428 e. The lowest BCUT2D eigenvalue weighted by atomic mass is 10.2. The number of benzene rings is 1. The molecule has 0 bridgehead atoms. The molecule has 0 N–H and O–H groups in total. The Bertz CT molecular complexity index is 570. The third kappa shape index (κ3) is 1.97. The lowest BCUT2D eigenvalue weighted by molar-refractivity contribution is 0.164. The van der Waals surface area contributed by atoms with Gasteiger partial charge in [0.1, 0.15) is 5.82 Å². The van der Waals surface area contributed by atoms with Gasteiger partial charge in [-0.3, -0.25) is 0 Å². The Morgan fingerprint density at radius 3 is 2.88 bits per heavy atom. The number of hydrogen-bond acceptors (Lipinski definition) is 4. The Morgan fingerprint density at radius 2 is 2.24 bits per heavy atom. The van der Waals surface area contributed by atoms with E-state index in [-0.39, 0.29) is 18.0 Å². The van der Waals surface area contributed by atoms with Gasteiger partial charge in [0.15, 0.2) is 0 Å². The van der Waals surface area contributed by atoms with Crippen LogP contribution in [0.1, 0.15) is 12.5 Å². The standard InChI is InChI=1S/C10H10FNO4S/c1-2-16-10(13)12-9-5-8(11)4-3-7(9)6-17(12,14)15/h3-5H,2,6H2,1H3. The summed E-state index contributed by atoms with van der Waals surface area (Å²) in [6.07, 6.45) is -1.00. The number of hydrogen-bond donors (Lipinski definition) is 0. The zero-order chi connectivity index (χ0) is 12.6. The number of halogens is 1. The van der Waals surface area contributed by atoms with Crippen molar-refractivity contribution in [3.8, 4) is 0 Å². The van der Waals surface area contributed by atoms with Crippen molar-refractivity contribution < 1.29 is 22.3 Å². The van der Waals surface area contributed by atoms with Gasteiger partial charge in [0.05, 0.1) is 18.0 Å². The molecular weight excluding hydrogens is 249 g/mol. The summed E-state index contributed by atoms with van der Waals surface area (Å²) in [5.41, 5.74) is 0.419. The molecule has 1 aromatic rings. The first-order valence-electron chi connectivity index (χ1n) is 4.94. The Labute approximate surface area is 97.8 Å². The van der Waals surface area contributed by atoms with E-state index in [2.05, 4.69) is 4.74 Å². The highest BCUT2D eigenvalue weighted by molar-refractivity contribution is 7.93. The summed E-state index contributed by atoms with van der Waals surface area (Å²) in [5, 5.41) is 0. The lowest BCUT2D eigenvalue weighted by Gasteiger charge is -2.15. The van der Waals surface area contributed by atoms with Crippen LogP contribution in [0.2, 0.25) is 0 Å². The first kappa shape index (κ1) is 11.8. The van der Waals surface area contributed by atoms with E-state index < -0.39 is 21.9 Å². The molecule has 1 aromatic carbocycles. The van der Waals surface area contributed by atoms with Gasteiger partial charge in [-0.2, -0.15) is 4.31 Å². The summed E-state index contributed by atoms with van der Waals surface area (Å²) in [6, 6.07) is 3.52. The SMILES string of the molecule is CCOC(=O)N1c2cc(F)ccc2CS1(=O)=O. The van der Waals surface area contributed by atoms with Crippen LogP contribution in [0.5, 0.6) is 0 Å². The number of ether oxygens (including phenoxy) is 1. The topological polar surface area (TPSA) is 63.7 Å². The van der Waals surface area contributed by atoms with Crippen LogP contribution in [0.15, 0.2) is 18.2 Å². The molecule has 0 unspecified atom stereocenters. The molecule has 0 saturated carbocycles. The normalized spacial score (nSPS) is 16.7. The van der Waals surface area contributed by atoms with Gasteiger partial charge in [0, 0.05) is 0 Å². The Kier molecular flexibility index (Phi) is 2.78. The second-order valence-electron chi connectivity index (χ2n) is 3.49. The molecule has 1 aliphatic rings. The molecule has 0 aliphatic carbocycles. The van der Waals surface area contributed by atoms with Gasteiger partial charge in [0.25, 0.3) is 0 Å². The number of carbonyl (C=O) groups excluding carboxylic acids is 1. The van der Waals surface area contributed by atoms with Gasteiger partial charge >= 0.3 is 6.09 Å². The van der Waals surface area contributed by atoms with Crippen molar-refractivity contribution in [3.05, 3.63) is 29.6 Å². The molecular formula is C10H10FNO4S. The molecule has 1 heterocycles. The first-order chi connectivity index (χ1) is 7.95. The number of rotatable bonds is 1. The third-order valence-electron chi connectivity index (χ3n) is 2.32. The van der Waals surface area contributed by atoms with Crippen LogP contribution in [0, 0.1) is 5.82 Å². The van der Waals surface area contributed by atoms with Crippen molar-refractivity contribution >= 4 is 21.8 Å². The molecule has 92 valence electrons. The zero-order valence-corrected chi connectivity index (χ0v) is 9.83. The molecule has 17 heavy (non-hydrogen) atoms. The van der Waals surface area contributed by atoms with Crippen molar-refractivity contribution in [1.82, 2.24) is 0 Å². The van der Waals surface area contributed by atoms with Crippen molar-refractivity contribution in [3.63, 3.8) is 0 Å². The largest absolute Gasteiger partial charge is 0.449 e. The van der Waals surface area contributed by atoms with E-state index in [0.717, 1.165) is 12.1 Å². The summed E-state index contributed by atoms with van der Waals surface area (Å²) in [4.78, 5) is 11.5. The summed E-state index contributed by atoms with van der Waals surface area (Å²) in [6.45, 7) is 1.61. The quantitative estimate of drug-likeness (QED) is 0.769. The molecule has 5 nitrogen and oxygen atoms in total. The minimum atomic E-state index is -3.79. The predicted molar refractivity (Wildman–Crippen MR) is 58.5 cm³/mol. The second-order valence-corrected chi connectivity index (χ2v) is 5.31. The molecule has 0 fully saturated rings. The number of sulfonamides is 1. The molecule has 1 amide bonds. The van der Waals surface area contributed by atoms with Crippen LogP contribution in [0.4, 0.5) is 14.9 Å². The van der Waals surface area contributed by atoms with Crippen molar-refractivity contribution in [2.45, 2.75) is 12.7 Å². The van der Waals surface area contributed by atoms with Crippen LogP contribution < -0.4 is 4.31 Å². The Morgan fingerprint density at radius 1 is 1.53 bits per heavy atom. The number of fused-ring (bicyclic) bond motifs is 1. The number of nitrogens with zero attached hydrogens (tertiary/aromatic N) is 1. The van der Waals surface area contributed by atoms with Crippen molar-refractivity contribution in [2.75, 3.05) is 10.9 Å². The fourth-order valence-corrected chi connectivity index (χ4v) is 3.17. The average molecular weight is 259 g/mol. The second kappa shape index (κ2) is 3.99. The maximum absolute atomic E-state index is 13.1. The van der Waals surface area contributed by atoms with Crippen LogP contribution in [-0.2, 0) is 20.5 Å². The monoisotopic (exact) mass is 259 g/mol. The summed E-state index contributed by atoms with van der Waals surface area (Å²) < 4.78 is 41.7. The highest BCUT2D eigenvalue weighted by atomic mass is 32.2. The molecule has 0 spiro atoms. The zero-order valence-electron chi connectivity index (χ0n) is 9.01. The summed E-state index contributed by atoms with van der Waals surface area (Å²) in [5.74, 6) is -0.920. The summed E-state index contributed by atoms with van der Waals surface area (Å²) in [7, 11) is -3.79. The van der Waals surface area contributed by atoms with Gasteiger partial charge in [-0.1, -0.05) is 6.07 Å². The van der Waals surface area contributed by atoms with Crippen LogP contribution >= 0.6 is 0 Å². The van der Waals surface area contributed by atoms with Crippen molar-refractivity contribution in [2.24, 2.45) is 0 Å². The van der Waals surface area contributed by atoms with Crippen molar-refractivity contribution in [1.29, 1.82) is 0 Å². The highest BCUT2D eigenvalue weighted by Gasteiger charge is 2.39. The van der Waals surface area contributed by atoms with Gasteiger partial charge in [0.2, 0.25) is 10.0 Å². The minimum absolute atomic E-state index is 0.0310. The predicted octanol–water partition coefficient (Wildman–Crippen LogP) is 1.63. The Balaban J connectivity index is 2.51. The van der Waals surface area contributed by atoms with Crippen LogP contribution in [0.25, 0.3) is 0 Å². The number of anilines is 1. The van der Waals surface area contributed by atoms with E-state index in [0.29, 0.717) is 9.87 Å². The van der Waals surface area contributed by atoms with E-state index in [1.807, 2.05) is 0 Å². The van der Waals surface area contributed by atoms with E-state index in [4.69, 9.17) is 0 Å². The highest BCUT2D eigenvalue weighted by Crippen LogP contribution is 2.34. The van der Waals surface area contributed by atoms with Gasteiger partial charge < -0.3 is 4.74 Å². The smallest absolute Gasteiger partial charge is 0.428 e. The molecule has 7 heteroatoms. The van der Waals surface area contributed by atoms with Gasteiger partial charge in [-0.25, -0.2) is 17.6 Å². The number of amides is 1. The Hall–Kier alpha value is -1.63. The van der Waals surface area contributed by atoms with E-state index in [1.54, 1.807) is 6.92 Å². The summed E-state index contributed by atoms with van der Waals surface area (Å²) >= 11 is 0. The molecule has 0 radical (unpaired) electrons. The minimum Gasteiger partial charge on any atom is -0.449 e. The third-order valence-corrected chi connectivity index (χ3v) is 3.89. The van der Waals surface area contributed by atoms with Crippen LogP contribution in [-0.4, -0.2) is 21.1 Å². The fourth-order valence-electron chi connectivity index (χ4n) is 1.65. The molecule has 0 saturated heterocycles. The van der Waals surface area contributed by atoms with Crippen LogP contribution in [0.3, 0.4) is 0 Å². The maximum atomic E-state index is 13.1. The molecule has 2 rings (SSSR count). The number of carbonyl (C=O) groups is 1. The molecule has 0 atom stereocenters. The van der Waals surface area contributed by atoms with E-state index >= 15 is 0 Å². The fraction of sp³-hybridized carbons (Fsp3) is 0.300. The van der Waals surface area contributed by atoms with Gasteiger partial charge in [-0.15, -0.1) is 0 Å². The first-order valence-corrected chi connectivity index (χ1v) is 6.55. The lowest BCUT2D eigenvalue weighted by Crippen LogP contribution is -2.34.